The van der Waals surface area contributed by atoms with Gasteiger partial charge in [0.25, 0.3) is 0 Å². The van der Waals surface area contributed by atoms with E-state index in [9.17, 15) is 0 Å². The van der Waals surface area contributed by atoms with Crippen LogP contribution in [0.1, 0.15) is 12.8 Å². The number of nitrogens with one attached hydrogen (secondary N) is 2. The zero-order chi connectivity index (χ0) is 20.1. The predicted molar refractivity (Wildman–Crippen MR) is 112 cm³/mol. The molecule has 2 fully saturated rings. The third kappa shape index (κ3) is 4.71. The standard InChI is InChI=1S/C21H29N5O3/c1-22-19-6-8-23-20(25-19)24-16-4-5-17(27-2)18(12-16)29-11-3-9-26-10-7-21(13-26)14-28-15-21/h4-6,8,12H,3,7,9-11,13-15H2,1-2H3,(H2,22,23,24,25). The summed E-state index contributed by atoms with van der Waals surface area (Å²) >= 11 is 0. The number of nitrogens with zero attached hydrogens (tertiary/aromatic N) is 3. The highest BCUT2D eigenvalue weighted by Crippen LogP contribution is 2.37. The molecule has 156 valence electrons. The Kier molecular flexibility index (Phi) is 6.01. The smallest absolute Gasteiger partial charge is 0.229 e. The van der Waals surface area contributed by atoms with Crippen LogP contribution in [0.2, 0.25) is 0 Å². The molecule has 3 heterocycles. The Balaban J connectivity index is 1.30. The van der Waals surface area contributed by atoms with E-state index in [2.05, 4.69) is 25.5 Å². The molecule has 2 aliphatic rings. The molecule has 2 N–H and O–H groups in total. The molecule has 0 aliphatic carbocycles. The van der Waals surface area contributed by atoms with Crippen molar-refractivity contribution in [2.45, 2.75) is 12.8 Å². The van der Waals surface area contributed by atoms with Crippen LogP contribution in [0.15, 0.2) is 30.5 Å². The minimum Gasteiger partial charge on any atom is -0.493 e. The monoisotopic (exact) mass is 399 g/mol. The fraction of sp³-hybridized carbons (Fsp3) is 0.524. The molecule has 0 unspecified atom stereocenters. The van der Waals surface area contributed by atoms with E-state index in [0.717, 1.165) is 50.8 Å². The Hall–Kier alpha value is -2.58. The van der Waals surface area contributed by atoms with Crippen molar-refractivity contribution in [2.75, 3.05) is 64.2 Å². The van der Waals surface area contributed by atoms with E-state index in [-0.39, 0.29) is 0 Å². The number of anilines is 3. The van der Waals surface area contributed by atoms with Crippen LogP contribution >= 0.6 is 0 Å². The molecule has 8 nitrogen and oxygen atoms in total. The van der Waals surface area contributed by atoms with E-state index in [1.165, 1.54) is 6.42 Å². The van der Waals surface area contributed by atoms with Crippen molar-refractivity contribution < 1.29 is 14.2 Å². The lowest BCUT2D eigenvalue weighted by Crippen LogP contribution is -2.44. The van der Waals surface area contributed by atoms with Gasteiger partial charge < -0.3 is 29.7 Å². The SMILES string of the molecule is CNc1ccnc(Nc2ccc(OC)c(OCCCN3CCC4(COC4)C3)c2)n1. The van der Waals surface area contributed by atoms with Crippen LogP contribution in [-0.2, 0) is 4.74 Å². The molecule has 0 radical (unpaired) electrons. The highest BCUT2D eigenvalue weighted by Gasteiger charge is 2.43. The summed E-state index contributed by atoms with van der Waals surface area (Å²) in [5.74, 6) is 2.71. The molecule has 1 aromatic heterocycles. The van der Waals surface area contributed by atoms with Gasteiger partial charge in [-0.2, -0.15) is 4.98 Å². The molecular weight excluding hydrogens is 370 g/mol. The molecule has 0 bridgehead atoms. The van der Waals surface area contributed by atoms with Crippen LogP contribution in [0.25, 0.3) is 0 Å². The van der Waals surface area contributed by atoms with Gasteiger partial charge in [-0.25, -0.2) is 4.98 Å². The third-order valence-electron chi connectivity index (χ3n) is 5.54. The minimum absolute atomic E-state index is 0.441. The van der Waals surface area contributed by atoms with E-state index in [0.29, 0.717) is 29.5 Å². The fourth-order valence-electron chi connectivity index (χ4n) is 3.87. The number of benzene rings is 1. The molecule has 1 spiro atoms. The van der Waals surface area contributed by atoms with E-state index in [1.54, 1.807) is 13.3 Å². The first kappa shape index (κ1) is 19.7. The Bertz CT molecular complexity index is 828. The largest absolute Gasteiger partial charge is 0.493 e. The summed E-state index contributed by atoms with van der Waals surface area (Å²) in [7, 11) is 3.48. The van der Waals surface area contributed by atoms with Crippen LogP contribution in [0.3, 0.4) is 0 Å². The van der Waals surface area contributed by atoms with Gasteiger partial charge in [0.1, 0.15) is 5.82 Å². The average Bonchev–Trinajstić information content (AvgIpc) is 3.17. The predicted octanol–water partition coefficient (Wildman–Crippen LogP) is 2.76. The van der Waals surface area contributed by atoms with E-state index < -0.39 is 0 Å². The Labute approximate surface area is 171 Å². The lowest BCUT2D eigenvalue weighted by Gasteiger charge is -2.37. The maximum absolute atomic E-state index is 6.03. The van der Waals surface area contributed by atoms with E-state index >= 15 is 0 Å². The van der Waals surface area contributed by atoms with Gasteiger partial charge in [0, 0.05) is 43.5 Å². The molecule has 8 heteroatoms. The van der Waals surface area contributed by atoms with E-state index in [1.807, 2.05) is 31.3 Å². The molecule has 0 saturated carbocycles. The molecule has 1 aromatic carbocycles. The van der Waals surface area contributed by atoms with Crippen molar-refractivity contribution in [2.24, 2.45) is 5.41 Å². The second kappa shape index (κ2) is 8.84. The quantitative estimate of drug-likeness (QED) is 0.623. The van der Waals surface area contributed by atoms with Crippen LogP contribution in [0.4, 0.5) is 17.5 Å². The van der Waals surface area contributed by atoms with Crippen LogP contribution in [-0.4, -0.2) is 68.5 Å². The molecular formula is C21H29N5O3. The molecule has 2 aromatic rings. The van der Waals surface area contributed by atoms with Gasteiger partial charge in [-0.1, -0.05) is 0 Å². The molecule has 2 saturated heterocycles. The minimum atomic E-state index is 0.441. The summed E-state index contributed by atoms with van der Waals surface area (Å²) in [6, 6.07) is 7.55. The summed E-state index contributed by atoms with van der Waals surface area (Å²) in [5, 5.41) is 6.22. The Morgan fingerprint density at radius 2 is 2.14 bits per heavy atom. The van der Waals surface area contributed by atoms with Gasteiger partial charge in [0.05, 0.1) is 26.9 Å². The maximum Gasteiger partial charge on any atom is 0.229 e. The number of aromatic nitrogens is 2. The Morgan fingerprint density at radius 3 is 2.86 bits per heavy atom. The second-order valence-electron chi connectivity index (χ2n) is 7.73. The van der Waals surface area contributed by atoms with Gasteiger partial charge in [0.15, 0.2) is 11.5 Å². The number of likely N-dealkylation sites (tertiary alicyclic amines) is 1. The van der Waals surface area contributed by atoms with Crippen molar-refractivity contribution in [3.05, 3.63) is 30.5 Å². The summed E-state index contributed by atoms with van der Waals surface area (Å²) in [4.78, 5) is 11.2. The highest BCUT2D eigenvalue weighted by atomic mass is 16.5. The first-order valence-corrected chi connectivity index (χ1v) is 10.1. The summed E-state index contributed by atoms with van der Waals surface area (Å²) in [6.07, 6.45) is 3.94. The summed E-state index contributed by atoms with van der Waals surface area (Å²) in [5.41, 5.74) is 1.29. The number of hydrogen-bond acceptors (Lipinski definition) is 8. The fourth-order valence-corrected chi connectivity index (χ4v) is 3.87. The molecule has 29 heavy (non-hydrogen) atoms. The van der Waals surface area contributed by atoms with Crippen molar-refractivity contribution >= 4 is 17.5 Å². The summed E-state index contributed by atoms with van der Waals surface area (Å²) in [6.45, 7) is 5.87. The summed E-state index contributed by atoms with van der Waals surface area (Å²) < 4.78 is 16.9. The number of ether oxygens (including phenoxy) is 3. The second-order valence-corrected chi connectivity index (χ2v) is 7.73. The van der Waals surface area contributed by atoms with Crippen molar-refractivity contribution in [3.8, 4) is 11.5 Å². The van der Waals surface area contributed by atoms with Gasteiger partial charge in [-0.05, 0) is 37.6 Å². The van der Waals surface area contributed by atoms with Crippen LogP contribution in [0.5, 0.6) is 11.5 Å². The van der Waals surface area contributed by atoms with Gasteiger partial charge >= 0.3 is 0 Å². The normalized spacial score (nSPS) is 17.7. The number of methoxy groups -OCH3 is 1. The van der Waals surface area contributed by atoms with Crippen LogP contribution < -0.4 is 20.1 Å². The van der Waals surface area contributed by atoms with Gasteiger partial charge in [-0.15, -0.1) is 0 Å². The maximum atomic E-state index is 6.03. The van der Waals surface area contributed by atoms with Crippen molar-refractivity contribution in [1.29, 1.82) is 0 Å². The Morgan fingerprint density at radius 1 is 1.24 bits per heavy atom. The molecule has 2 aliphatic heterocycles. The molecule has 0 atom stereocenters. The highest BCUT2D eigenvalue weighted by molar-refractivity contribution is 5.60. The van der Waals surface area contributed by atoms with Crippen molar-refractivity contribution in [3.63, 3.8) is 0 Å². The van der Waals surface area contributed by atoms with Crippen LogP contribution in [0, 0.1) is 5.41 Å². The third-order valence-corrected chi connectivity index (χ3v) is 5.54. The zero-order valence-electron chi connectivity index (χ0n) is 17.1. The van der Waals surface area contributed by atoms with Crippen molar-refractivity contribution in [1.82, 2.24) is 14.9 Å². The first-order valence-electron chi connectivity index (χ1n) is 10.1. The average molecular weight is 399 g/mol. The first-order chi connectivity index (χ1) is 14.2. The number of hydrogen-bond donors (Lipinski definition) is 2. The lowest BCUT2D eigenvalue weighted by molar-refractivity contribution is -0.105. The molecule has 4 rings (SSSR count). The zero-order valence-corrected chi connectivity index (χ0v) is 17.1. The topological polar surface area (TPSA) is 80.8 Å². The lowest BCUT2D eigenvalue weighted by atomic mass is 9.85. The van der Waals surface area contributed by atoms with Gasteiger partial charge in [-0.3, -0.25) is 0 Å². The van der Waals surface area contributed by atoms with E-state index in [4.69, 9.17) is 14.2 Å². The molecule has 0 amide bonds. The van der Waals surface area contributed by atoms with Gasteiger partial charge in [0.2, 0.25) is 5.95 Å². The number of rotatable bonds is 9.